The van der Waals surface area contributed by atoms with E-state index in [-0.39, 0.29) is 17.0 Å². The highest BCUT2D eigenvalue weighted by Gasteiger charge is 2.18. The minimum atomic E-state index is -0.505. The fourth-order valence-electron chi connectivity index (χ4n) is 1.59. The van der Waals surface area contributed by atoms with Gasteiger partial charge in [-0.1, -0.05) is 11.8 Å². The van der Waals surface area contributed by atoms with Crippen LogP contribution in [-0.2, 0) is 0 Å². The number of phenolic OH excluding ortho intramolecular Hbond substituents is 1. The summed E-state index contributed by atoms with van der Waals surface area (Å²) in [6.45, 7) is 0. The van der Waals surface area contributed by atoms with Crippen LogP contribution in [0.5, 0.6) is 5.75 Å². The maximum absolute atomic E-state index is 11.9. The molecule has 2 aromatic rings. The second-order valence-corrected chi connectivity index (χ2v) is 6.90. The van der Waals surface area contributed by atoms with Gasteiger partial charge in [0.05, 0.1) is 3.57 Å². The van der Waals surface area contributed by atoms with Crippen LogP contribution in [0.2, 0.25) is 0 Å². The molecular formula is C12H7I2N3O2S. The second kappa shape index (κ2) is 6.31. The highest BCUT2D eigenvalue weighted by atomic mass is 127. The Morgan fingerprint density at radius 2 is 2.15 bits per heavy atom. The molecule has 5 nitrogen and oxygen atoms in total. The molecule has 0 saturated carbocycles. The summed E-state index contributed by atoms with van der Waals surface area (Å²) in [5, 5.41) is 19.7. The SMILES string of the molecule is CSc1nc(-c2cc(I)cc(I)c2O)c(C#N)c(=O)[nH]1. The Morgan fingerprint density at radius 3 is 2.75 bits per heavy atom. The Kier molecular flexibility index (Phi) is 4.92. The highest BCUT2D eigenvalue weighted by molar-refractivity contribution is 14.1. The molecule has 0 bridgehead atoms. The van der Waals surface area contributed by atoms with Gasteiger partial charge in [0, 0.05) is 9.13 Å². The van der Waals surface area contributed by atoms with Crippen LogP contribution in [0.1, 0.15) is 5.56 Å². The summed E-state index contributed by atoms with van der Waals surface area (Å²) < 4.78 is 1.53. The lowest BCUT2D eigenvalue weighted by Gasteiger charge is -2.09. The third-order valence-corrected chi connectivity index (χ3v) is 4.51. The lowest BCUT2D eigenvalue weighted by atomic mass is 10.1. The third-order valence-electron chi connectivity index (χ3n) is 2.49. The van der Waals surface area contributed by atoms with Crippen molar-refractivity contribution >= 4 is 56.9 Å². The summed E-state index contributed by atoms with van der Waals surface area (Å²) in [6.07, 6.45) is 1.77. The number of aromatic nitrogens is 2. The normalized spacial score (nSPS) is 10.3. The van der Waals surface area contributed by atoms with Crippen LogP contribution in [-0.4, -0.2) is 21.3 Å². The monoisotopic (exact) mass is 511 g/mol. The van der Waals surface area contributed by atoms with Crippen molar-refractivity contribution in [2.45, 2.75) is 5.16 Å². The maximum Gasteiger partial charge on any atom is 0.270 e. The van der Waals surface area contributed by atoms with E-state index in [1.807, 2.05) is 28.7 Å². The molecule has 102 valence electrons. The summed E-state index contributed by atoms with van der Waals surface area (Å²) in [4.78, 5) is 18.7. The Bertz CT molecular complexity index is 783. The Labute approximate surface area is 146 Å². The Balaban J connectivity index is 2.85. The number of hydrogen-bond donors (Lipinski definition) is 2. The number of aromatic amines is 1. The molecule has 2 rings (SSSR count). The fraction of sp³-hybridized carbons (Fsp3) is 0.0833. The number of hydrogen-bond acceptors (Lipinski definition) is 5. The van der Waals surface area contributed by atoms with Crippen LogP contribution in [0.25, 0.3) is 11.3 Å². The molecule has 0 amide bonds. The number of H-pyrrole nitrogens is 1. The van der Waals surface area contributed by atoms with Crippen molar-refractivity contribution in [2.75, 3.05) is 6.26 Å². The molecule has 1 heterocycles. The van der Waals surface area contributed by atoms with Gasteiger partial charge in [-0.25, -0.2) is 4.98 Å². The summed E-state index contributed by atoms with van der Waals surface area (Å²) in [5.41, 5.74) is -0.0141. The zero-order valence-corrected chi connectivity index (χ0v) is 15.2. The number of nitrogens with zero attached hydrogens (tertiary/aromatic N) is 2. The first-order valence-electron chi connectivity index (χ1n) is 5.24. The van der Waals surface area contributed by atoms with E-state index in [4.69, 9.17) is 5.26 Å². The summed E-state index contributed by atoms with van der Waals surface area (Å²) in [5.74, 6) is 0.0210. The van der Waals surface area contributed by atoms with Crippen molar-refractivity contribution in [3.05, 3.63) is 35.2 Å². The molecule has 0 atom stereocenters. The first kappa shape index (κ1) is 15.6. The van der Waals surface area contributed by atoms with E-state index in [9.17, 15) is 9.90 Å². The van der Waals surface area contributed by atoms with E-state index in [1.54, 1.807) is 18.4 Å². The van der Waals surface area contributed by atoms with Crippen molar-refractivity contribution in [1.82, 2.24) is 9.97 Å². The third kappa shape index (κ3) is 2.94. The maximum atomic E-state index is 11.9. The van der Waals surface area contributed by atoms with E-state index in [2.05, 4.69) is 32.6 Å². The number of phenols is 1. The minimum Gasteiger partial charge on any atom is -0.506 e. The molecular weight excluding hydrogens is 504 g/mol. The topological polar surface area (TPSA) is 89.8 Å². The molecule has 0 aliphatic rings. The number of nitrogens with one attached hydrogen (secondary N) is 1. The van der Waals surface area contributed by atoms with Gasteiger partial charge in [-0.05, 0) is 63.6 Å². The van der Waals surface area contributed by atoms with Gasteiger partial charge in [0.25, 0.3) is 5.56 Å². The van der Waals surface area contributed by atoms with Gasteiger partial charge in [0.2, 0.25) is 0 Å². The van der Waals surface area contributed by atoms with Crippen molar-refractivity contribution in [2.24, 2.45) is 0 Å². The van der Waals surface area contributed by atoms with Crippen molar-refractivity contribution in [3.63, 3.8) is 0 Å². The summed E-state index contributed by atoms with van der Waals surface area (Å²) >= 11 is 5.37. The molecule has 0 unspecified atom stereocenters. The second-order valence-electron chi connectivity index (χ2n) is 3.69. The highest BCUT2D eigenvalue weighted by Crippen LogP contribution is 2.35. The van der Waals surface area contributed by atoms with Crippen LogP contribution < -0.4 is 5.56 Å². The fourth-order valence-corrected chi connectivity index (χ4v) is 3.82. The predicted octanol–water partition coefficient (Wildman–Crippen LogP) is 2.95. The average molecular weight is 511 g/mol. The lowest BCUT2D eigenvalue weighted by Crippen LogP contribution is -2.14. The first-order valence-corrected chi connectivity index (χ1v) is 8.63. The summed E-state index contributed by atoms with van der Waals surface area (Å²) in [6, 6.07) is 5.35. The Morgan fingerprint density at radius 1 is 1.45 bits per heavy atom. The molecule has 0 saturated heterocycles. The van der Waals surface area contributed by atoms with Gasteiger partial charge in [0.15, 0.2) is 5.16 Å². The largest absolute Gasteiger partial charge is 0.506 e. The quantitative estimate of drug-likeness (QED) is 0.368. The number of rotatable bonds is 2. The molecule has 0 aliphatic heterocycles. The van der Waals surface area contributed by atoms with Gasteiger partial charge in [-0.3, -0.25) is 4.79 Å². The molecule has 20 heavy (non-hydrogen) atoms. The van der Waals surface area contributed by atoms with Crippen molar-refractivity contribution < 1.29 is 5.11 Å². The van der Waals surface area contributed by atoms with E-state index in [0.717, 1.165) is 3.57 Å². The van der Waals surface area contributed by atoms with Gasteiger partial charge in [-0.2, -0.15) is 5.26 Å². The van der Waals surface area contributed by atoms with Crippen LogP contribution in [0.3, 0.4) is 0 Å². The zero-order valence-electron chi connectivity index (χ0n) is 10.1. The van der Waals surface area contributed by atoms with Gasteiger partial charge >= 0.3 is 0 Å². The first-order chi connectivity index (χ1) is 9.47. The standard InChI is InChI=1S/C12H7I2N3O2S/c1-20-12-16-9(7(4-15)11(19)17-12)6-2-5(13)3-8(14)10(6)18/h2-3,18H,1H3,(H,16,17,19). The van der Waals surface area contributed by atoms with Gasteiger partial charge in [-0.15, -0.1) is 0 Å². The zero-order chi connectivity index (χ0) is 14.9. The molecule has 0 radical (unpaired) electrons. The number of aromatic hydroxyl groups is 1. The van der Waals surface area contributed by atoms with Crippen LogP contribution in [0, 0.1) is 18.5 Å². The van der Waals surface area contributed by atoms with Gasteiger partial charge in [0.1, 0.15) is 23.1 Å². The van der Waals surface area contributed by atoms with Crippen LogP contribution in [0.15, 0.2) is 22.1 Å². The molecule has 2 N–H and O–H groups in total. The van der Waals surface area contributed by atoms with E-state index < -0.39 is 5.56 Å². The average Bonchev–Trinajstić information content (AvgIpc) is 2.41. The summed E-state index contributed by atoms with van der Waals surface area (Å²) in [7, 11) is 0. The van der Waals surface area contributed by atoms with Crippen molar-refractivity contribution in [1.29, 1.82) is 5.26 Å². The predicted molar refractivity (Wildman–Crippen MR) is 93.9 cm³/mol. The molecule has 1 aromatic heterocycles. The molecule has 0 spiro atoms. The smallest absolute Gasteiger partial charge is 0.270 e. The molecule has 8 heteroatoms. The van der Waals surface area contributed by atoms with Crippen LogP contribution >= 0.6 is 56.9 Å². The van der Waals surface area contributed by atoms with Crippen molar-refractivity contribution in [3.8, 4) is 23.1 Å². The van der Waals surface area contributed by atoms with Crippen LogP contribution in [0.4, 0.5) is 0 Å². The van der Waals surface area contributed by atoms with E-state index in [0.29, 0.717) is 14.3 Å². The van der Waals surface area contributed by atoms with Gasteiger partial charge < -0.3 is 10.1 Å². The lowest BCUT2D eigenvalue weighted by molar-refractivity contribution is 0.473. The molecule has 1 aromatic carbocycles. The molecule has 0 fully saturated rings. The minimum absolute atomic E-state index is 0.0210. The number of thioether (sulfide) groups is 1. The number of halogens is 2. The Hall–Kier alpha value is -0.800. The van der Waals surface area contributed by atoms with E-state index in [1.165, 1.54) is 11.8 Å². The van der Waals surface area contributed by atoms with E-state index >= 15 is 0 Å². The number of nitriles is 1. The number of benzene rings is 1. The molecule has 0 aliphatic carbocycles.